The third-order valence-electron chi connectivity index (χ3n) is 2.63. The van der Waals surface area contributed by atoms with Crippen LogP contribution < -0.4 is 11.1 Å². The summed E-state index contributed by atoms with van der Waals surface area (Å²) >= 11 is 5.91. The number of nitrogens with one attached hydrogen (secondary N) is 1. The van der Waals surface area contributed by atoms with Gasteiger partial charge in [-0.15, -0.1) is 0 Å². The van der Waals surface area contributed by atoms with Gasteiger partial charge < -0.3 is 11.1 Å². The van der Waals surface area contributed by atoms with Gasteiger partial charge in [-0.05, 0) is 25.0 Å². The molecule has 1 amide bonds. The molecule has 0 aromatic heterocycles. The molecule has 80 valence electrons. The number of amides is 1. The van der Waals surface area contributed by atoms with E-state index < -0.39 is 0 Å². The van der Waals surface area contributed by atoms with E-state index in [0.717, 1.165) is 12.8 Å². The van der Waals surface area contributed by atoms with Crippen LogP contribution in [-0.4, -0.2) is 18.0 Å². The maximum atomic E-state index is 11.7. The number of nitrogens with two attached hydrogens (primary N) is 1. The van der Waals surface area contributed by atoms with Gasteiger partial charge in [0.1, 0.15) is 0 Å². The Balaban J connectivity index is 1.99. The zero-order valence-electron chi connectivity index (χ0n) is 8.24. The summed E-state index contributed by atoms with van der Waals surface area (Å²) in [5.74, 6) is -0.113. The molecule has 0 atom stereocenters. The van der Waals surface area contributed by atoms with E-state index in [1.165, 1.54) is 0 Å². The van der Waals surface area contributed by atoms with Gasteiger partial charge in [0, 0.05) is 12.1 Å². The number of hydrogen-bond acceptors (Lipinski definition) is 2. The van der Waals surface area contributed by atoms with Gasteiger partial charge in [0.2, 0.25) is 0 Å². The molecule has 1 aromatic carbocycles. The number of halogens is 1. The molecular weight excluding hydrogens is 212 g/mol. The zero-order valence-corrected chi connectivity index (χ0v) is 9.00. The molecule has 4 heteroatoms. The highest BCUT2D eigenvalue weighted by Gasteiger charge is 2.27. The fraction of sp³-hybridized carbons (Fsp3) is 0.364. The molecule has 0 saturated heterocycles. The molecule has 3 N–H and O–H groups in total. The first-order valence-corrected chi connectivity index (χ1v) is 5.35. The number of rotatable bonds is 2. The third kappa shape index (κ3) is 2.30. The van der Waals surface area contributed by atoms with Crippen molar-refractivity contribution in [2.24, 2.45) is 5.73 Å². The van der Waals surface area contributed by atoms with Gasteiger partial charge in [-0.25, -0.2) is 0 Å². The van der Waals surface area contributed by atoms with Crippen LogP contribution in [0.4, 0.5) is 0 Å². The number of carbonyl (C=O) groups is 1. The second-order valence-corrected chi connectivity index (χ2v) is 4.29. The maximum Gasteiger partial charge on any atom is 0.253 e. The molecule has 0 radical (unpaired) electrons. The summed E-state index contributed by atoms with van der Waals surface area (Å²) in [6.45, 7) is 0. The van der Waals surface area contributed by atoms with Crippen LogP contribution >= 0.6 is 11.6 Å². The number of hydrogen-bond donors (Lipinski definition) is 2. The predicted octanol–water partition coefficient (Wildman–Crippen LogP) is 1.56. The first-order valence-electron chi connectivity index (χ1n) is 4.98. The Morgan fingerprint density at radius 2 is 2.07 bits per heavy atom. The molecule has 3 nitrogen and oxygen atoms in total. The lowest BCUT2D eigenvalue weighted by atomic mass is 9.87. The normalized spacial score (nSPS) is 24.4. The largest absolute Gasteiger partial charge is 0.349 e. The Kier molecular flexibility index (Phi) is 2.93. The molecule has 1 fully saturated rings. The van der Waals surface area contributed by atoms with Crippen LogP contribution in [0.3, 0.4) is 0 Å². The highest BCUT2D eigenvalue weighted by molar-refractivity contribution is 6.33. The van der Waals surface area contributed by atoms with E-state index >= 15 is 0 Å². The molecule has 0 aliphatic heterocycles. The van der Waals surface area contributed by atoms with E-state index in [2.05, 4.69) is 5.32 Å². The van der Waals surface area contributed by atoms with Gasteiger partial charge in [-0.1, -0.05) is 23.7 Å². The number of carbonyl (C=O) groups excluding carboxylic acids is 1. The molecule has 0 unspecified atom stereocenters. The Bertz CT molecular complexity index is 375. The third-order valence-corrected chi connectivity index (χ3v) is 2.96. The van der Waals surface area contributed by atoms with Crippen molar-refractivity contribution in [3.8, 4) is 0 Å². The lowest BCUT2D eigenvalue weighted by molar-refractivity contribution is 0.0910. The number of benzene rings is 1. The summed E-state index contributed by atoms with van der Waals surface area (Å²) < 4.78 is 0. The van der Waals surface area contributed by atoms with Crippen LogP contribution in [0.25, 0.3) is 0 Å². The van der Waals surface area contributed by atoms with Crippen LogP contribution in [-0.2, 0) is 0 Å². The second-order valence-electron chi connectivity index (χ2n) is 3.88. The summed E-state index contributed by atoms with van der Waals surface area (Å²) in [5, 5.41) is 3.39. The Morgan fingerprint density at radius 1 is 1.40 bits per heavy atom. The Hall–Kier alpha value is -1.06. The monoisotopic (exact) mass is 224 g/mol. The average Bonchev–Trinajstić information content (AvgIpc) is 2.16. The topological polar surface area (TPSA) is 55.1 Å². The first kappa shape index (κ1) is 10.5. The minimum Gasteiger partial charge on any atom is -0.349 e. The molecule has 2 rings (SSSR count). The van der Waals surface area contributed by atoms with E-state index in [1.807, 2.05) is 0 Å². The van der Waals surface area contributed by atoms with Gasteiger partial charge in [0.15, 0.2) is 0 Å². The molecule has 1 aliphatic carbocycles. The van der Waals surface area contributed by atoms with E-state index in [0.29, 0.717) is 10.6 Å². The fourth-order valence-corrected chi connectivity index (χ4v) is 1.91. The van der Waals surface area contributed by atoms with Gasteiger partial charge in [0.25, 0.3) is 5.91 Å². The summed E-state index contributed by atoms with van der Waals surface area (Å²) in [5.41, 5.74) is 6.16. The SMILES string of the molecule is NC1CC(NC(=O)c2ccccc2Cl)C1. The zero-order chi connectivity index (χ0) is 10.8. The van der Waals surface area contributed by atoms with E-state index in [1.54, 1.807) is 24.3 Å². The lowest BCUT2D eigenvalue weighted by Gasteiger charge is -2.33. The Morgan fingerprint density at radius 3 is 2.67 bits per heavy atom. The van der Waals surface area contributed by atoms with Gasteiger partial charge in [-0.3, -0.25) is 4.79 Å². The van der Waals surface area contributed by atoms with Crippen molar-refractivity contribution < 1.29 is 4.79 Å². The smallest absolute Gasteiger partial charge is 0.253 e. The van der Waals surface area contributed by atoms with Crippen LogP contribution in [0.2, 0.25) is 5.02 Å². The van der Waals surface area contributed by atoms with Crippen molar-refractivity contribution in [1.82, 2.24) is 5.32 Å². The van der Waals surface area contributed by atoms with E-state index in [9.17, 15) is 4.79 Å². The summed E-state index contributed by atoms with van der Waals surface area (Å²) in [6.07, 6.45) is 1.71. The van der Waals surface area contributed by atoms with Crippen LogP contribution in [0.1, 0.15) is 23.2 Å². The standard InChI is InChI=1S/C11H13ClN2O/c12-10-4-2-1-3-9(10)11(15)14-8-5-7(13)6-8/h1-4,7-8H,5-6,13H2,(H,14,15). The molecule has 1 aromatic rings. The Labute approximate surface area is 93.6 Å². The lowest BCUT2D eigenvalue weighted by Crippen LogP contribution is -2.50. The van der Waals surface area contributed by atoms with E-state index in [-0.39, 0.29) is 18.0 Å². The predicted molar refractivity (Wildman–Crippen MR) is 59.9 cm³/mol. The van der Waals surface area contributed by atoms with Crippen LogP contribution in [0.5, 0.6) is 0 Å². The van der Waals surface area contributed by atoms with E-state index in [4.69, 9.17) is 17.3 Å². The van der Waals surface area contributed by atoms with Crippen molar-refractivity contribution >= 4 is 17.5 Å². The molecule has 1 saturated carbocycles. The molecule has 0 heterocycles. The summed E-state index contributed by atoms with van der Waals surface area (Å²) in [4.78, 5) is 11.7. The minimum atomic E-state index is -0.113. The highest BCUT2D eigenvalue weighted by Crippen LogP contribution is 2.20. The molecule has 0 spiro atoms. The maximum absolute atomic E-state index is 11.7. The van der Waals surface area contributed by atoms with Crippen molar-refractivity contribution in [3.63, 3.8) is 0 Å². The van der Waals surface area contributed by atoms with Crippen molar-refractivity contribution in [2.75, 3.05) is 0 Å². The summed E-state index contributed by atoms with van der Waals surface area (Å²) in [7, 11) is 0. The highest BCUT2D eigenvalue weighted by atomic mass is 35.5. The second kappa shape index (κ2) is 4.21. The van der Waals surface area contributed by atoms with Gasteiger partial charge in [0.05, 0.1) is 10.6 Å². The quantitative estimate of drug-likeness (QED) is 0.801. The van der Waals surface area contributed by atoms with Crippen LogP contribution in [0, 0.1) is 0 Å². The van der Waals surface area contributed by atoms with Crippen molar-refractivity contribution in [2.45, 2.75) is 24.9 Å². The summed E-state index contributed by atoms with van der Waals surface area (Å²) in [6, 6.07) is 7.48. The molecular formula is C11H13ClN2O. The average molecular weight is 225 g/mol. The van der Waals surface area contributed by atoms with Crippen LogP contribution in [0.15, 0.2) is 24.3 Å². The van der Waals surface area contributed by atoms with Gasteiger partial charge in [-0.2, -0.15) is 0 Å². The molecule has 15 heavy (non-hydrogen) atoms. The van der Waals surface area contributed by atoms with Crippen molar-refractivity contribution in [3.05, 3.63) is 34.9 Å². The minimum absolute atomic E-state index is 0.113. The van der Waals surface area contributed by atoms with Crippen molar-refractivity contribution in [1.29, 1.82) is 0 Å². The fourth-order valence-electron chi connectivity index (χ4n) is 1.69. The molecule has 1 aliphatic rings. The first-order chi connectivity index (χ1) is 7.16. The molecule has 0 bridgehead atoms. The van der Waals surface area contributed by atoms with Gasteiger partial charge >= 0.3 is 0 Å².